The van der Waals surface area contributed by atoms with Crippen LogP contribution < -0.4 is 4.74 Å². The molecule has 2 fully saturated rings. The minimum atomic E-state index is -0.380. The molecule has 32 heavy (non-hydrogen) atoms. The summed E-state index contributed by atoms with van der Waals surface area (Å²) >= 11 is 0. The quantitative estimate of drug-likeness (QED) is 0.632. The van der Waals surface area contributed by atoms with Gasteiger partial charge in [-0.15, -0.1) is 10.2 Å². The number of phenols is 1. The SMILES string of the molecule is O=C(c1nnc(-c2ccc(O)cc2)o1)N1CC(Oc2ccc(CN3CCCC3)c(F)c2)C1. The van der Waals surface area contributed by atoms with E-state index in [2.05, 4.69) is 15.1 Å². The second-order valence-electron chi connectivity index (χ2n) is 8.15. The summed E-state index contributed by atoms with van der Waals surface area (Å²) in [4.78, 5) is 16.3. The molecule has 1 amide bonds. The summed E-state index contributed by atoms with van der Waals surface area (Å²) in [6, 6.07) is 11.2. The maximum atomic E-state index is 14.5. The van der Waals surface area contributed by atoms with Gasteiger partial charge in [0.1, 0.15) is 23.4 Å². The van der Waals surface area contributed by atoms with Crippen molar-refractivity contribution in [3.63, 3.8) is 0 Å². The summed E-state index contributed by atoms with van der Waals surface area (Å²) in [5.74, 6) is 0.0216. The number of aromatic hydroxyl groups is 1. The molecule has 5 rings (SSSR count). The molecule has 166 valence electrons. The minimum absolute atomic E-state index is 0.108. The van der Waals surface area contributed by atoms with Gasteiger partial charge in [0.2, 0.25) is 5.89 Å². The van der Waals surface area contributed by atoms with E-state index in [0.717, 1.165) is 13.1 Å². The van der Waals surface area contributed by atoms with Crippen LogP contribution in [0.4, 0.5) is 4.39 Å². The maximum absolute atomic E-state index is 14.5. The fraction of sp³-hybridized carbons (Fsp3) is 0.348. The number of phenolic OH excluding ortho intramolecular Hbond substituents is 1. The molecule has 0 spiro atoms. The van der Waals surface area contributed by atoms with Crippen molar-refractivity contribution in [1.82, 2.24) is 20.0 Å². The molecule has 1 N–H and O–H groups in total. The Bertz CT molecular complexity index is 1110. The molecule has 3 aromatic rings. The van der Waals surface area contributed by atoms with Crippen LogP contribution in [0, 0.1) is 5.82 Å². The predicted molar refractivity (Wildman–Crippen MR) is 113 cm³/mol. The van der Waals surface area contributed by atoms with Crippen LogP contribution in [0.3, 0.4) is 0 Å². The van der Waals surface area contributed by atoms with E-state index in [1.807, 2.05) is 0 Å². The summed E-state index contributed by atoms with van der Waals surface area (Å²) < 4.78 is 25.7. The lowest BCUT2D eigenvalue weighted by Crippen LogP contribution is -2.56. The first-order valence-electron chi connectivity index (χ1n) is 10.6. The van der Waals surface area contributed by atoms with Crippen LogP contribution in [0.2, 0.25) is 0 Å². The first-order valence-corrected chi connectivity index (χ1v) is 10.6. The second-order valence-corrected chi connectivity index (χ2v) is 8.15. The molecule has 0 atom stereocenters. The number of halogens is 1. The van der Waals surface area contributed by atoms with E-state index < -0.39 is 0 Å². The Balaban J connectivity index is 1.14. The largest absolute Gasteiger partial charge is 0.508 e. The zero-order chi connectivity index (χ0) is 22.1. The van der Waals surface area contributed by atoms with Crippen molar-refractivity contribution in [2.75, 3.05) is 26.2 Å². The van der Waals surface area contributed by atoms with Crippen LogP contribution in [0.15, 0.2) is 46.9 Å². The van der Waals surface area contributed by atoms with Crippen molar-refractivity contribution in [2.24, 2.45) is 0 Å². The van der Waals surface area contributed by atoms with Gasteiger partial charge in [-0.1, -0.05) is 6.07 Å². The summed E-state index contributed by atoms with van der Waals surface area (Å²) in [6.07, 6.45) is 2.12. The van der Waals surface area contributed by atoms with Gasteiger partial charge in [-0.3, -0.25) is 9.69 Å². The van der Waals surface area contributed by atoms with Crippen LogP contribution in [0.25, 0.3) is 11.5 Å². The molecule has 0 unspecified atom stereocenters. The smallest absolute Gasteiger partial charge is 0.311 e. The monoisotopic (exact) mass is 438 g/mol. The van der Waals surface area contributed by atoms with E-state index in [1.54, 1.807) is 24.3 Å². The number of likely N-dealkylation sites (tertiary alicyclic amines) is 2. The summed E-state index contributed by atoms with van der Waals surface area (Å²) in [5, 5.41) is 17.1. The van der Waals surface area contributed by atoms with E-state index >= 15 is 0 Å². The molecule has 9 heteroatoms. The number of benzene rings is 2. The van der Waals surface area contributed by atoms with Gasteiger partial charge in [0.15, 0.2) is 0 Å². The number of amides is 1. The van der Waals surface area contributed by atoms with E-state index in [0.29, 0.717) is 36.5 Å². The number of nitrogens with zero attached hydrogens (tertiary/aromatic N) is 4. The van der Waals surface area contributed by atoms with Gasteiger partial charge in [-0.05, 0) is 56.3 Å². The van der Waals surface area contributed by atoms with Crippen LogP contribution in [0.5, 0.6) is 11.5 Å². The molecule has 2 aliphatic rings. The minimum Gasteiger partial charge on any atom is -0.508 e. The van der Waals surface area contributed by atoms with Gasteiger partial charge < -0.3 is 19.2 Å². The Labute approximate surface area is 184 Å². The highest BCUT2D eigenvalue weighted by Gasteiger charge is 2.35. The number of hydrogen-bond donors (Lipinski definition) is 1. The van der Waals surface area contributed by atoms with Gasteiger partial charge in [-0.25, -0.2) is 4.39 Å². The van der Waals surface area contributed by atoms with Crippen LogP contribution >= 0.6 is 0 Å². The van der Waals surface area contributed by atoms with Gasteiger partial charge in [0.25, 0.3) is 0 Å². The van der Waals surface area contributed by atoms with E-state index in [9.17, 15) is 14.3 Å². The molecule has 1 aromatic heterocycles. The van der Waals surface area contributed by atoms with Gasteiger partial charge in [0.05, 0.1) is 13.1 Å². The highest BCUT2D eigenvalue weighted by molar-refractivity contribution is 5.90. The molecule has 0 saturated carbocycles. The number of aromatic nitrogens is 2. The Kier molecular flexibility index (Phi) is 5.48. The first-order chi connectivity index (χ1) is 15.5. The van der Waals surface area contributed by atoms with Crippen LogP contribution in [0.1, 0.15) is 29.1 Å². The molecule has 2 saturated heterocycles. The van der Waals surface area contributed by atoms with Gasteiger partial charge in [0, 0.05) is 23.7 Å². The summed E-state index contributed by atoms with van der Waals surface area (Å²) in [7, 11) is 0. The maximum Gasteiger partial charge on any atom is 0.311 e. The van der Waals surface area contributed by atoms with E-state index in [1.165, 1.54) is 35.9 Å². The number of carbonyl (C=O) groups excluding carboxylic acids is 1. The number of ether oxygens (including phenoxy) is 1. The lowest BCUT2D eigenvalue weighted by Gasteiger charge is -2.38. The van der Waals surface area contributed by atoms with Crippen molar-refractivity contribution in [2.45, 2.75) is 25.5 Å². The molecule has 8 nitrogen and oxygen atoms in total. The van der Waals surface area contributed by atoms with E-state index in [4.69, 9.17) is 9.15 Å². The molecule has 0 radical (unpaired) electrons. The summed E-state index contributed by atoms with van der Waals surface area (Å²) in [6.45, 7) is 3.36. The average molecular weight is 438 g/mol. The standard InChI is InChI=1S/C23H23FN4O4/c24-20-11-18(8-5-16(20)12-27-9-1-2-10-27)31-19-13-28(14-19)23(30)22-26-25-21(32-22)15-3-6-17(29)7-4-15/h3-8,11,19,29H,1-2,9-10,12-14H2. The van der Waals surface area contributed by atoms with Crippen LogP contribution in [-0.4, -0.2) is 63.3 Å². The zero-order valence-corrected chi connectivity index (χ0v) is 17.4. The number of carbonyl (C=O) groups is 1. The lowest BCUT2D eigenvalue weighted by atomic mass is 10.1. The molecular formula is C23H23FN4O4. The number of rotatable bonds is 6. The Morgan fingerprint density at radius 3 is 2.59 bits per heavy atom. The number of hydrogen-bond acceptors (Lipinski definition) is 7. The highest BCUT2D eigenvalue weighted by Crippen LogP contribution is 2.25. The highest BCUT2D eigenvalue weighted by atomic mass is 19.1. The van der Waals surface area contributed by atoms with Gasteiger partial charge in [-0.2, -0.15) is 0 Å². The fourth-order valence-corrected chi connectivity index (χ4v) is 3.95. The van der Waals surface area contributed by atoms with E-state index in [-0.39, 0.29) is 35.4 Å². The Morgan fingerprint density at radius 1 is 1.12 bits per heavy atom. The van der Waals surface area contributed by atoms with Crippen molar-refractivity contribution >= 4 is 5.91 Å². The van der Waals surface area contributed by atoms with Crippen molar-refractivity contribution in [3.8, 4) is 23.0 Å². The molecular weight excluding hydrogens is 415 g/mol. The fourth-order valence-electron chi connectivity index (χ4n) is 3.95. The third kappa shape index (κ3) is 4.29. The molecule has 2 aliphatic heterocycles. The molecule has 3 heterocycles. The molecule has 0 aliphatic carbocycles. The normalized spacial score (nSPS) is 16.8. The van der Waals surface area contributed by atoms with Crippen molar-refractivity contribution in [3.05, 3.63) is 59.7 Å². The van der Waals surface area contributed by atoms with Crippen LogP contribution in [-0.2, 0) is 6.54 Å². The van der Waals surface area contributed by atoms with Crippen molar-refractivity contribution < 1.29 is 23.4 Å². The lowest BCUT2D eigenvalue weighted by molar-refractivity contribution is 0.0148. The Hall–Kier alpha value is -3.46. The van der Waals surface area contributed by atoms with Crippen molar-refractivity contribution in [1.29, 1.82) is 0 Å². The second kappa shape index (κ2) is 8.58. The third-order valence-electron chi connectivity index (χ3n) is 5.78. The zero-order valence-electron chi connectivity index (χ0n) is 17.4. The topological polar surface area (TPSA) is 91.9 Å². The summed E-state index contributed by atoms with van der Waals surface area (Å²) in [5.41, 5.74) is 1.28. The molecule has 0 bridgehead atoms. The third-order valence-corrected chi connectivity index (χ3v) is 5.78. The van der Waals surface area contributed by atoms with Gasteiger partial charge >= 0.3 is 11.8 Å². The molecule has 2 aromatic carbocycles. The predicted octanol–water partition coefficient (Wildman–Crippen LogP) is 3.08. The first kappa shape index (κ1) is 20.4. The Morgan fingerprint density at radius 2 is 1.88 bits per heavy atom. The average Bonchev–Trinajstić information content (AvgIpc) is 3.45.